The lowest BCUT2D eigenvalue weighted by atomic mass is 10.2. The van der Waals surface area contributed by atoms with Crippen LogP contribution in [0.2, 0.25) is 0 Å². The number of hydrogen-bond acceptors (Lipinski definition) is 3. The third kappa shape index (κ3) is 5.00. The minimum Gasteiger partial charge on any atom is -0.469 e. The highest BCUT2D eigenvalue weighted by atomic mass is 16.3. The van der Waals surface area contributed by atoms with Gasteiger partial charge in [0.05, 0.1) is 6.26 Å². The summed E-state index contributed by atoms with van der Waals surface area (Å²) >= 11 is 0. The van der Waals surface area contributed by atoms with E-state index in [4.69, 9.17) is 4.42 Å². The van der Waals surface area contributed by atoms with Crippen LogP contribution in [0.1, 0.15) is 31.6 Å². The quantitative estimate of drug-likeness (QED) is 0.676. The van der Waals surface area contributed by atoms with Crippen LogP contribution < -0.4 is 10.6 Å². The molecule has 0 saturated carbocycles. The monoisotopic (exact) mass is 210 g/mol. The van der Waals surface area contributed by atoms with Crippen LogP contribution in [-0.2, 0) is 6.54 Å². The fourth-order valence-electron chi connectivity index (χ4n) is 1.45. The molecule has 2 N–H and O–H groups in total. The van der Waals surface area contributed by atoms with Gasteiger partial charge in [-0.15, -0.1) is 0 Å². The zero-order chi connectivity index (χ0) is 11.1. The van der Waals surface area contributed by atoms with Gasteiger partial charge in [-0.1, -0.05) is 6.92 Å². The van der Waals surface area contributed by atoms with Crippen LogP contribution in [0.3, 0.4) is 0 Å². The Bertz CT molecular complexity index is 270. The normalized spacial score (nSPS) is 13.0. The van der Waals surface area contributed by atoms with Crippen molar-refractivity contribution < 1.29 is 4.42 Å². The molecule has 86 valence electrons. The molecule has 0 bridgehead atoms. The van der Waals surface area contributed by atoms with E-state index in [-0.39, 0.29) is 0 Å². The van der Waals surface area contributed by atoms with Crippen LogP contribution in [0.25, 0.3) is 0 Å². The molecule has 1 heterocycles. The van der Waals surface area contributed by atoms with Gasteiger partial charge in [-0.3, -0.25) is 0 Å². The summed E-state index contributed by atoms with van der Waals surface area (Å²) in [5, 5.41) is 6.84. The first kappa shape index (κ1) is 12.3. The van der Waals surface area contributed by atoms with Gasteiger partial charge in [-0.05, 0) is 32.9 Å². The van der Waals surface area contributed by atoms with Crippen LogP contribution in [0.4, 0.5) is 0 Å². The van der Waals surface area contributed by atoms with Gasteiger partial charge >= 0.3 is 0 Å². The van der Waals surface area contributed by atoms with Gasteiger partial charge in [0, 0.05) is 24.7 Å². The maximum atomic E-state index is 5.24. The number of nitrogens with one attached hydrogen (secondary N) is 2. The average Bonchev–Trinajstić information content (AvgIpc) is 2.62. The Morgan fingerprint density at radius 2 is 2.27 bits per heavy atom. The molecule has 3 heteroatoms. The first-order valence-electron chi connectivity index (χ1n) is 5.70. The van der Waals surface area contributed by atoms with E-state index in [0.29, 0.717) is 6.04 Å². The van der Waals surface area contributed by atoms with Crippen LogP contribution in [-0.4, -0.2) is 19.1 Å². The SMILES string of the molecule is CCCNCC(C)NCc1coc(C)c1. The van der Waals surface area contributed by atoms with Crippen LogP contribution in [0, 0.1) is 6.92 Å². The maximum Gasteiger partial charge on any atom is 0.101 e. The highest BCUT2D eigenvalue weighted by molar-refractivity contribution is 5.11. The molecule has 1 aromatic rings. The van der Waals surface area contributed by atoms with E-state index in [2.05, 4.69) is 30.5 Å². The van der Waals surface area contributed by atoms with E-state index < -0.39 is 0 Å². The molecule has 1 atom stereocenters. The lowest BCUT2D eigenvalue weighted by molar-refractivity contribution is 0.495. The van der Waals surface area contributed by atoms with Crippen molar-refractivity contribution in [1.29, 1.82) is 0 Å². The lowest BCUT2D eigenvalue weighted by Crippen LogP contribution is -2.36. The average molecular weight is 210 g/mol. The number of furan rings is 1. The fourth-order valence-corrected chi connectivity index (χ4v) is 1.45. The second-order valence-electron chi connectivity index (χ2n) is 4.05. The Morgan fingerprint density at radius 1 is 1.47 bits per heavy atom. The van der Waals surface area contributed by atoms with Crippen molar-refractivity contribution in [3.05, 3.63) is 23.7 Å². The Balaban J connectivity index is 2.13. The summed E-state index contributed by atoms with van der Waals surface area (Å²) < 4.78 is 5.24. The predicted octanol–water partition coefficient (Wildman–Crippen LogP) is 2.07. The van der Waals surface area contributed by atoms with Crippen molar-refractivity contribution in [2.45, 2.75) is 39.8 Å². The Morgan fingerprint density at radius 3 is 2.87 bits per heavy atom. The first-order chi connectivity index (χ1) is 7.22. The zero-order valence-corrected chi connectivity index (χ0v) is 9.97. The molecule has 0 amide bonds. The van der Waals surface area contributed by atoms with Crippen molar-refractivity contribution in [2.75, 3.05) is 13.1 Å². The molecule has 0 aliphatic rings. The second-order valence-corrected chi connectivity index (χ2v) is 4.05. The first-order valence-corrected chi connectivity index (χ1v) is 5.70. The summed E-state index contributed by atoms with van der Waals surface area (Å²) in [6.45, 7) is 9.33. The van der Waals surface area contributed by atoms with Crippen molar-refractivity contribution in [3.8, 4) is 0 Å². The number of aryl methyl sites for hydroxylation is 1. The van der Waals surface area contributed by atoms with Gasteiger partial charge in [0.2, 0.25) is 0 Å². The second kappa shape index (κ2) is 6.64. The molecule has 1 rings (SSSR count). The summed E-state index contributed by atoms with van der Waals surface area (Å²) in [6.07, 6.45) is 3.00. The minimum absolute atomic E-state index is 0.492. The largest absolute Gasteiger partial charge is 0.469 e. The standard InChI is InChI=1S/C12H22N2O/c1-4-5-13-7-10(2)14-8-12-6-11(3)15-9-12/h6,9-10,13-14H,4-5,7-8H2,1-3H3. The molecule has 0 spiro atoms. The Hall–Kier alpha value is -0.800. The van der Waals surface area contributed by atoms with Gasteiger partial charge in [-0.25, -0.2) is 0 Å². The number of hydrogen-bond donors (Lipinski definition) is 2. The summed E-state index contributed by atoms with van der Waals surface area (Å²) in [5.74, 6) is 0.976. The molecule has 0 aliphatic heterocycles. The summed E-state index contributed by atoms with van der Waals surface area (Å²) in [7, 11) is 0. The summed E-state index contributed by atoms with van der Waals surface area (Å²) in [5.41, 5.74) is 1.22. The fraction of sp³-hybridized carbons (Fsp3) is 0.667. The third-order valence-electron chi connectivity index (χ3n) is 2.32. The van der Waals surface area contributed by atoms with Crippen molar-refractivity contribution in [2.24, 2.45) is 0 Å². The van der Waals surface area contributed by atoms with Crippen LogP contribution >= 0.6 is 0 Å². The van der Waals surface area contributed by atoms with E-state index in [1.54, 1.807) is 0 Å². The Kier molecular flexibility index (Phi) is 5.43. The third-order valence-corrected chi connectivity index (χ3v) is 2.32. The topological polar surface area (TPSA) is 37.2 Å². The van der Waals surface area contributed by atoms with Gasteiger partial charge in [0.1, 0.15) is 5.76 Å². The van der Waals surface area contributed by atoms with Crippen LogP contribution in [0.5, 0.6) is 0 Å². The smallest absolute Gasteiger partial charge is 0.101 e. The van der Waals surface area contributed by atoms with Crippen molar-refractivity contribution >= 4 is 0 Å². The highest BCUT2D eigenvalue weighted by Gasteiger charge is 2.02. The van der Waals surface area contributed by atoms with Crippen molar-refractivity contribution in [1.82, 2.24) is 10.6 Å². The lowest BCUT2D eigenvalue weighted by Gasteiger charge is -2.13. The van der Waals surface area contributed by atoms with E-state index in [0.717, 1.165) is 25.4 Å². The predicted molar refractivity (Wildman–Crippen MR) is 62.9 cm³/mol. The molecule has 1 aromatic heterocycles. The molecule has 0 aromatic carbocycles. The maximum absolute atomic E-state index is 5.24. The Labute approximate surface area is 92.2 Å². The molecule has 1 unspecified atom stereocenters. The van der Waals surface area contributed by atoms with E-state index in [1.807, 2.05) is 13.2 Å². The molecule has 0 aliphatic carbocycles. The molecular formula is C12H22N2O. The van der Waals surface area contributed by atoms with Crippen LogP contribution in [0.15, 0.2) is 16.7 Å². The van der Waals surface area contributed by atoms with E-state index in [9.17, 15) is 0 Å². The molecule has 3 nitrogen and oxygen atoms in total. The van der Waals surface area contributed by atoms with Gasteiger partial charge in [0.25, 0.3) is 0 Å². The van der Waals surface area contributed by atoms with Crippen molar-refractivity contribution in [3.63, 3.8) is 0 Å². The molecule has 0 radical (unpaired) electrons. The van der Waals surface area contributed by atoms with E-state index in [1.165, 1.54) is 12.0 Å². The van der Waals surface area contributed by atoms with Gasteiger partial charge in [-0.2, -0.15) is 0 Å². The summed E-state index contributed by atoms with van der Waals surface area (Å²) in [4.78, 5) is 0. The molecule has 15 heavy (non-hydrogen) atoms. The summed E-state index contributed by atoms with van der Waals surface area (Å²) in [6, 6.07) is 2.56. The highest BCUT2D eigenvalue weighted by Crippen LogP contribution is 2.05. The molecule has 0 fully saturated rings. The molecular weight excluding hydrogens is 188 g/mol. The van der Waals surface area contributed by atoms with E-state index >= 15 is 0 Å². The minimum atomic E-state index is 0.492. The number of rotatable bonds is 7. The van der Waals surface area contributed by atoms with Gasteiger partial charge < -0.3 is 15.1 Å². The zero-order valence-electron chi connectivity index (χ0n) is 9.97. The van der Waals surface area contributed by atoms with Gasteiger partial charge in [0.15, 0.2) is 0 Å². The molecule has 0 saturated heterocycles.